The molecule has 3 aromatic heterocycles. The van der Waals surface area contributed by atoms with Crippen molar-refractivity contribution in [1.29, 1.82) is 0 Å². The van der Waals surface area contributed by atoms with Gasteiger partial charge in [0.05, 0.1) is 5.97 Å². The number of nitrogens with zero attached hydrogens (tertiary/aromatic N) is 7. The molecule has 182 valence electrons. The number of tetrazole rings is 1. The van der Waals surface area contributed by atoms with Crippen molar-refractivity contribution < 1.29 is 9.90 Å². The number of aryl methyl sites for hydroxylation is 2. The Labute approximate surface area is 212 Å². The van der Waals surface area contributed by atoms with Gasteiger partial charge in [0.25, 0.3) is 0 Å². The summed E-state index contributed by atoms with van der Waals surface area (Å²) in [4.78, 5) is 20.6. The van der Waals surface area contributed by atoms with Gasteiger partial charge in [0.15, 0.2) is 11.5 Å². The molecule has 2 aromatic carbocycles. The maximum atomic E-state index is 11.3. The molecule has 5 aromatic rings. The van der Waals surface area contributed by atoms with Gasteiger partial charge in [-0.2, -0.15) is 22.4 Å². The largest absolute Gasteiger partial charge is 0.548 e. The Kier molecular flexibility index (Phi) is 6.47. The smallest absolute Gasteiger partial charge is 0.205 e. The predicted molar refractivity (Wildman–Crippen MR) is 134 cm³/mol. The summed E-state index contributed by atoms with van der Waals surface area (Å²) in [5.74, 6) is -0.0738. The minimum absolute atomic E-state index is 0.0894. The van der Waals surface area contributed by atoms with Gasteiger partial charge in [-0.25, -0.2) is 9.97 Å². The maximum absolute atomic E-state index is 11.3. The van der Waals surface area contributed by atoms with Crippen LogP contribution in [0.2, 0.25) is 0 Å². The number of hydrogen-bond acceptors (Lipinski definition) is 9. The fourth-order valence-corrected chi connectivity index (χ4v) is 4.36. The summed E-state index contributed by atoms with van der Waals surface area (Å²) >= 11 is 4.10. The molecule has 11 heteroatoms. The van der Waals surface area contributed by atoms with Crippen LogP contribution in [0.1, 0.15) is 47.1 Å². The monoisotopic (exact) mass is 499 g/mol. The van der Waals surface area contributed by atoms with Crippen molar-refractivity contribution in [1.82, 2.24) is 40.2 Å². The van der Waals surface area contributed by atoms with Crippen LogP contribution in [-0.4, -0.2) is 46.2 Å². The third kappa shape index (κ3) is 4.44. The van der Waals surface area contributed by atoms with Gasteiger partial charge in [0.1, 0.15) is 11.1 Å². The van der Waals surface area contributed by atoms with Crippen LogP contribution >= 0.6 is 12.6 Å². The predicted octanol–water partition coefficient (Wildman–Crippen LogP) is 2.54. The van der Waals surface area contributed by atoms with Crippen molar-refractivity contribution in [3.05, 3.63) is 77.0 Å². The van der Waals surface area contributed by atoms with E-state index >= 15 is 0 Å². The average molecular weight is 500 g/mol. The molecule has 10 nitrogen and oxygen atoms in total. The molecule has 0 amide bonds. The van der Waals surface area contributed by atoms with Crippen molar-refractivity contribution in [2.75, 3.05) is 0 Å². The number of H-pyrrole nitrogens is 1. The molecule has 1 N–H and O–H groups in total. The molecule has 1 atom stereocenters. The summed E-state index contributed by atoms with van der Waals surface area (Å²) in [6.45, 7) is 3.92. The highest BCUT2D eigenvalue weighted by molar-refractivity contribution is 7.81. The number of thiol groups is 1. The van der Waals surface area contributed by atoms with Gasteiger partial charge in [-0.3, -0.25) is 0 Å². The number of rotatable bonds is 8. The number of carboxylic acids is 1. The Morgan fingerprint density at radius 2 is 1.86 bits per heavy atom. The number of aliphatic carboxylic acids is 1. The second-order valence-corrected chi connectivity index (χ2v) is 8.93. The van der Waals surface area contributed by atoms with Gasteiger partial charge in [0.2, 0.25) is 5.82 Å². The highest BCUT2D eigenvalue weighted by Crippen LogP contribution is 2.30. The van der Waals surface area contributed by atoms with Crippen LogP contribution in [0.25, 0.3) is 28.2 Å². The minimum atomic E-state index is -1.34. The van der Waals surface area contributed by atoms with Crippen molar-refractivity contribution in [2.24, 2.45) is 0 Å². The molecule has 1 unspecified atom stereocenters. The second-order valence-electron chi connectivity index (χ2n) is 8.42. The molecule has 0 aliphatic heterocycles. The first-order valence-corrected chi connectivity index (χ1v) is 12.0. The van der Waals surface area contributed by atoms with E-state index < -0.39 is 11.2 Å². The van der Waals surface area contributed by atoms with E-state index in [4.69, 9.17) is 4.98 Å². The van der Waals surface area contributed by atoms with Gasteiger partial charge >= 0.3 is 0 Å². The second kappa shape index (κ2) is 9.86. The van der Waals surface area contributed by atoms with Gasteiger partial charge in [-0.05, 0) is 35.2 Å². The standard InChI is InChI=1S/C25H24N8O2S/c1-3-6-20-19(24-27-23(21(36)25(34)35)30-33(24)14(2)26-20)13-15-9-11-16(12-10-15)17-7-4-5-8-18(17)22-28-31-32-29-22/h4-5,7-12,21,36H,3,6,13H2,1-2H3,(H,34,35)(H,28,29,31,32)/p-1. The Balaban J connectivity index is 1.53. The molecule has 3 heterocycles. The first kappa shape index (κ1) is 23.6. The molecule has 0 saturated carbocycles. The molecule has 0 aliphatic carbocycles. The Bertz CT molecular complexity index is 1530. The third-order valence-corrected chi connectivity index (χ3v) is 6.40. The summed E-state index contributed by atoms with van der Waals surface area (Å²) in [6, 6.07) is 16.1. The van der Waals surface area contributed by atoms with Crippen molar-refractivity contribution >= 4 is 24.2 Å². The summed E-state index contributed by atoms with van der Waals surface area (Å²) in [7, 11) is 0. The highest BCUT2D eigenvalue weighted by Gasteiger charge is 2.20. The number of hydrogen-bond donors (Lipinski definition) is 2. The first-order valence-electron chi connectivity index (χ1n) is 11.5. The summed E-state index contributed by atoms with van der Waals surface area (Å²) < 4.78 is 1.59. The Morgan fingerprint density at radius 1 is 1.11 bits per heavy atom. The SMILES string of the molecule is CCCc1nc(C)n2nc(C(S)C(=O)[O-])nc2c1Cc1ccc(-c2ccccc2-c2nn[nH]n2)cc1. The molecule has 36 heavy (non-hydrogen) atoms. The normalized spacial score (nSPS) is 12.2. The van der Waals surface area contributed by atoms with E-state index in [1.807, 2.05) is 31.2 Å². The van der Waals surface area contributed by atoms with E-state index in [0.717, 1.165) is 46.4 Å². The van der Waals surface area contributed by atoms with Crippen LogP contribution in [0, 0.1) is 6.92 Å². The topological polar surface area (TPSA) is 138 Å². The van der Waals surface area contributed by atoms with Crippen LogP contribution in [0.3, 0.4) is 0 Å². The summed E-state index contributed by atoms with van der Waals surface area (Å²) in [6.07, 6.45) is 2.26. The number of carboxylic acid groups (broad SMARTS) is 1. The third-order valence-electron chi connectivity index (χ3n) is 5.96. The lowest BCUT2D eigenvalue weighted by Gasteiger charge is -2.12. The van der Waals surface area contributed by atoms with Crippen molar-refractivity contribution in [2.45, 2.75) is 38.4 Å². The quantitative estimate of drug-likeness (QED) is 0.311. The maximum Gasteiger partial charge on any atom is 0.205 e. The lowest BCUT2D eigenvalue weighted by Crippen LogP contribution is -2.27. The zero-order chi connectivity index (χ0) is 25.2. The van der Waals surface area contributed by atoms with E-state index in [-0.39, 0.29) is 5.82 Å². The van der Waals surface area contributed by atoms with Crippen LogP contribution in [0.4, 0.5) is 0 Å². The van der Waals surface area contributed by atoms with Crippen LogP contribution in [0.5, 0.6) is 0 Å². The number of carbonyl (C=O) groups excluding carboxylic acids is 1. The average Bonchev–Trinajstić information content (AvgIpc) is 3.58. The van der Waals surface area contributed by atoms with Gasteiger partial charge in [0, 0.05) is 23.2 Å². The summed E-state index contributed by atoms with van der Waals surface area (Å²) in [5.41, 5.74) is 6.41. The first-order chi connectivity index (χ1) is 17.5. The number of aromatic nitrogens is 8. The highest BCUT2D eigenvalue weighted by atomic mass is 32.1. The van der Waals surface area contributed by atoms with Crippen LogP contribution < -0.4 is 5.11 Å². The fraction of sp³-hybridized carbons (Fsp3) is 0.240. The van der Waals surface area contributed by atoms with Crippen molar-refractivity contribution in [3.63, 3.8) is 0 Å². The minimum Gasteiger partial charge on any atom is -0.548 e. The van der Waals surface area contributed by atoms with E-state index in [9.17, 15) is 9.90 Å². The zero-order valence-electron chi connectivity index (χ0n) is 19.7. The van der Waals surface area contributed by atoms with Gasteiger partial charge in [-0.1, -0.05) is 61.9 Å². The van der Waals surface area contributed by atoms with E-state index in [2.05, 4.69) is 74.5 Å². The molecule has 0 fully saturated rings. The Morgan fingerprint density at radius 3 is 2.53 bits per heavy atom. The number of aromatic amines is 1. The Hall–Kier alpha value is -4.12. The fourth-order valence-electron chi connectivity index (χ4n) is 4.25. The van der Waals surface area contributed by atoms with Gasteiger partial charge in [-0.15, -0.1) is 15.3 Å². The lowest BCUT2D eigenvalue weighted by molar-refractivity contribution is -0.305. The lowest BCUT2D eigenvalue weighted by atomic mass is 9.96. The van der Waals surface area contributed by atoms with Crippen LogP contribution in [0.15, 0.2) is 48.5 Å². The van der Waals surface area contributed by atoms with Gasteiger partial charge < -0.3 is 9.90 Å². The number of fused-ring (bicyclic) bond motifs is 1. The molecule has 0 bridgehead atoms. The molecule has 0 spiro atoms. The molecular weight excluding hydrogens is 476 g/mol. The zero-order valence-corrected chi connectivity index (χ0v) is 20.6. The molecule has 5 rings (SSSR count). The van der Waals surface area contributed by atoms with E-state index in [1.54, 1.807) is 4.52 Å². The van der Waals surface area contributed by atoms with Crippen molar-refractivity contribution in [3.8, 4) is 22.5 Å². The molecule has 0 saturated heterocycles. The molecular formula is C25H23N8O2S-. The number of nitrogens with one attached hydrogen (secondary N) is 1. The molecule has 0 radical (unpaired) electrons. The molecule has 0 aliphatic rings. The number of carbonyl (C=O) groups is 1. The van der Waals surface area contributed by atoms with E-state index in [0.29, 0.717) is 23.7 Å². The van der Waals surface area contributed by atoms with Crippen LogP contribution in [-0.2, 0) is 17.6 Å². The van der Waals surface area contributed by atoms with E-state index in [1.165, 1.54) is 0 Å². The number of benzene rings is 2. The summed E-state index contributed by atoms with van der Waals surface area (Å²) in [5, 5.41) is 28.9.